The van der Waals surface area contributed by atoms with E-state index in [0.29, 0.717) is 13.2 Å². The molecule has 0 saturated carbocycles. The van der Waals surface area contributed by atoms with Gasteiger partial charge in [0.15, 0.2) is 0 Å². The molecular weight excluding hydrogens is 306 g/mol. The van der Waals surface area contributed by atoms with Crippen LogP contribution < -0.4 is 4.74 Å². The second-order valence-corrected chi connectivity index (χ2v) is 6.32. The molecule has 1 heterocycles. The molecule has 1 aliphatic rings. The van der Waals surface area contributed by atoms with Crippen molar-refractivity contribution in [2.75, 3.05) is 26.2 Å². The van der Waals surface area contributed by atoms with Gasteiger partial charge in [0.2, 0.25) is 0 Å². The number of β-amino-alcohol motifs (C(OH)–C–C–N with tert-alkyl or cyclic N) is 1. The van der Waals surface area contributed by atoms with Gasteiger partial charge in [-0.3, -0.25) is 0 Å². The molecule has 1 aliphatic heterocycles. The van der Waals surface area contributed by atoms with E-state index in [1.165, 1.54) is 12.8 Å². The number of halogens is 1. The smallest absolute Gasteiger partial charge is 0.119 e. The predicted molar refractivity (Wildman–Crippen MR) is 80.5 cm³/mol. The zero-order valence-corrected chi connectivity index (χ0v) is 13.0. The number of piperidine rings is 1. The molecule has 1 aromatic carbocycles. The Hall–Kier alpha value is -0.580. The van der Waals surface area contributed by atoms with Gasteiger partial charge in [0, 0.05) is 11.0 Å². The van der Waals surface area contributed by atoms with Gasteiger partial charge in [-0.05, 0) is 56.1 Å². The minimum Gasteiger partial charge on any atom is -0.491 e. The number of aliphatic hydroxyl groups is 1. The van der Waals surface area contributed by atoms with Crippen molar-refractivity contribution in [1.82, 2.24) is 4.90 Å². The van der Waals surface area contributed by atoms with Crippen LogP contribution in [0.4, 0.5) is 0 Å². The van der Waals surface area contributed by atoms with Crippen molar-refractivity contribution in [2.45, 2.75) is 25.9 Å². The fourth-order valence-corrected chi connectivity index (χ4v) is 2.58. The lowest BCUT2D eigenvalue weighted by atomic mass is 9.99. The minimum atomic E-state index is -0.419. The van der Waals surface area contributed by atoms with Crippen LogP contribution in [-0.2, 0) is 0 Å². The van der Waals surface area contributed by atoms with E-state index in [1.807, 2.05) is 24.3 Å². The average Bonchev–Trinajstić information content (AvgIpc) is 2.41. The molecule has 1 fully saturated rings. The fraction of sp³-hybridized carbons (Fsp3) is 0.600. The Labute approximate surface area is 123 Å². The second kappa shape index (κ2) is 7.27. The van der Waals surface area contributed by atoms with Crippen LogP contribution >= 0.6 is 15.9 Å². The Bertz CT molecular complexity index is 374. The Morgan fingerprint density at radius 3 is 2.58 bits per heavy atom. The molecule has 0 spiro atoms. The molecule has 0 radical (unpaired) electrons. The van der Waals surface area contributed by atoms with E-state index in [2.05, 4.69) is 27.8 Å². The summed E-state index contributed by atoms with van der Waals surface area (Å²) in [5.74, 6) is 1.63. The van der Waals surface area contributed by atoms with Crippen LogP contribution in [0, 0.1) is 5.92 Å². The molecule has 0 bridgehead atoms. The summed E-state index contributed by atoms with van der Waals surface area (Å²) >= 11 is 3.38. The molecule has 106 valence electrons. The number of likely N-dealkylation sites (tertiary alicyclic amines) is 1. The third-order valence-corrected chi connectivity index (χ3v) is 4.13. The summed E-state index contributed by atoms with van der Waals surface area (Å²) in [7, 11) is 0. The first-order chi connectivity index (χ1) is 9.13. The maximum Gasteiger partial charge on any atom is 0.119 e. The number of hydrogen-bond donors (Lipinski definition) is 1. The predicted octanol–water partition coefficient (Wildman–Crippen LogP) is 2.92. The molecule has 1 aromatic rings. The second-order valence-electron chi connectivity index (χ2n) is 5.40. The van der Waals surface area contributed by atoms with Crippen molar-refractivity contribution < 1.29 is 9.84 Å². The molecule has 1 N–H and O–H groups in total. The first-order valence-electron chi connectivity index (χ1n) is 6.92. The third kappa shape index (κ3) is 5.13. The van der Waals surface area contributed by atoms with Gasteiger partial charge in [-0.15, -0.1) is 0 Å². The maximum absolute atomic E-state index is 10.0. The topological polar surface area (TPSA) is 32.7 Å². The maximum atomic E-state index is 10.0. The minimum absolute atomic E-state index is 0.355. The van der Waals surface area contributed by atoms with Crippen LogP contribution in [0.15, 0.2) is 28.7 Å². The Kier molecular flexibility index (Phi) is 5.67. The van der Waals surface area contributed by atoms with E-state index in [-0.39, 0.29) is 0 Å². The lowest BCUT2D eigenvalue weighted by molar-refractivity contribution is 0.0563. The summed E-state index contributed by atoms with van der Waals surface area (Å²) in [5, 5.41) is 10.0. The highest BCUT2D eigenvalue weighted by Crippen LogP contribution is 2.17. The van der Waals surface area contributed by atoms with Gasteiger partial charge in [-0.2, -0.15) is 0 Å². The van der Waals surface area contributed by atoms with E-state index in [9.17, 15) is 5.11 Å². The quantitative estimate of drug-likeness (QED) is 0.902. The van der Waals surface area contributed by atoms with Gasteiger partial charge in [0.1, 0.15) is 18.5 Å². The normalized spacial score (nSPS) is 19.3. The van der Waals surface area contributed by atoms with Crippen molar-refractivity contribution in [3.05, 3.63) is 28.7 Å². The molecular formula is C15H22BrNO2. The number of rotatable bonds is 5. The Morgan fingerprint density at radius 2 is 1.95 bits per heavy atom. The van der Waals surface area contributed by atoms with E-state index in [4.69, 9.17) is 4.74 Å². The Morgan fingerprint density at radius 1 is 1.32 bits per heavy atom. The summed E-state index contributed by atoms with van der Waals surface area (Å²) in [6.45, 7) is 5.55. The fourth-order valence-electron chi connectivity index (χ4n) is 2.32. The zero-order chi connectivity index (χ0) is 13.7. The highest BCUT2D eigenvalue weighted by Gasteiger charge is 2.18. The molecule has 0 amide bonds. The summed E-state index contributed by atoms with van der Waals surface area (Å²) in [4.78, 5) is 2.33. The number of aliphatic hydroxyl groups excluding tert-OH is 1. The largest absolute Gasteiger partial charge is 0.491 e. The van der Waals surface area contributed by atoms with Crippen LogP contribution in [-0.4, -0.2) is 42.4 Å². The summed E-state index contributed by atoms with van der Waals surface area (Å²) in [5.41, 5.74) is 0. The van der Waals surface area contributed by atoms with E-state index in [1.54, 1.807) is 0 Å². The van der Waals surface area contributed by atoms with Gasteiger partial charge < -0.3 is 14.7 Å². The first kappa shape index (κ1) is 14.8. The number of ether oxygens (including phenoxy) is 1. The summed E-state index contributed by atoms with van der Waals surface area (Å²) < 4.78 is 6.62. The molecule has 1 atom stereocenters. The molecule has 4 heteroatoms. The van der Waals surface area contributed by atoms with Crippen molar-refractivity contribution in [3.63, 3.8) is 0 Å². The highest BCUT2D eigenvalue weighted by atomic mass is 79.9. The third-order valence-electron chi connectivity index (χ3n) is 3.60. The lowest BCUT2D eigenvalue weighted by Crippen LogP contribution is -2.40. The van der Waals surface area contributed by atoms with Gasteiger partial charge in [-0.25, -0.2) is 0 Å². The van der Waals surface area contributed by atoms with Crippen LogP contribution in [0.5, 0.6) is 5.75 Å². The van der Waals surface area contributed by atoms with Crippen LogP contribution in [0.1, 0.15) is 19.8 Å². The number of hydrogen-bond acceptors (Lipinski definition) is 3. The lowest BCUT2D eigenvalue weighted by Gasteiger charge is -2.31. The molecule has 1 saturated heterocycles. The van der Waals surface area contributed by atoms with Gasteiger partial charge in [0.05, 0.1) is 0 Å². The molecule has 3 nitrogen and oxygen atoms in total. The number of nitrogens with zero attached hydrogens (tertiary/aromatic N) is 1. The molecule has 0 aliphatic carbocycles. The molecule has 0 unspecified atom stereocenters. The molecule has 2 rings (SSSR count). The Balaban J connectivity index is 1.69. The van der Waals surface area contributed by atoms with Gasteiger partial charge >= 0.3 is 0 Å². The summed E-state index contributed by atoms with van der Waals surface area (Å²) in [6.07, 6.45) is 2.05. The summed E-state index contributed by atoms with van der Waals surface area (Å²) in [6, 6.07) is 7.68. The number of benzene rings is 1. The van der Waals surface area contributed by atoms with Gasteiger partial charge in [0.25, 0.3) is 0 Å². The molecule has 0 aromatic heterocycles. The standard InChI is InChI=1S/C15H22BrNO2/c1-12-6-8-17(9-7-12)10-14(18)11-19-15-4-2-13(16)3-5-15/h2-5,12,14,18H,6-11H2,1H3/t14-/m1/s1. The van der Waals surface area contributed by atoms with Crippen molar-refractivity contribution in [2.24, 2.45) is 5.92 Å². The van der Waals surface area contributed by atoms with E-state index >= 15 is 0 Å². The van der Waals surface area contributed by atoms with E-state index in [0.717, 1.165) is 29.2 Å². The SMILES string of the molecule is CC1CCN(C[C@@H](O)COc2ccc(Br)cc2)CC1. The zero-order valence-electron chi connectivity index (χ0n) is 11.4. The average molecular weight is 328 g/mol. The first-order valence-corrected chi connectivity index (χ1v) is 7.71. The van der Waals surface area contributed by atoms with Crippen molar-refractivity contribution >= 4 is 15.9 Å². The molecule has 19 heavy (non-hydrogen) atoms. The van der Waals surface area contributed by atoms with Crippen LogP contribution in [0.25, 0.3) is 0 Å². The van der Waals surface area contributed by atoms with Crippen LogP contribution in [0.3, 0.4) is 0 Å². The van der Waals surface area contributed by atoms with Crippen molar-refractivity contribution in [1.29, 1.82) is 0 Å². The van der Waals surface area contributed by atoms with Crippen LogP contribution in [0.2, 0.25) is 0 Å². The highest BCUT2D eigenvalue weighted by molar-refractivity contribution is 9.10. The van der Waals surface area contributed by atoms with E-state index < -0.39 is 6.10 Å². The monoisotopic (exact) mass is 327 g/mol. The van der Waals surface area contributed by atoms with Gasteiger partial charge in [-0.1, -0.05) is 22.9 Å². The van der Waals surface area contributed by atoms with Crippen molar-refractivity contribution in [3.8, 4) is 5.75 Å².